The molecule has 230 valence electrons. The molecule has 44 heavy (non-hydrogen) atoms. The van der Waals surface area contributed by atoms with Crippen LogP contribution in [0.4, 0.5) is 10.5 Å². The van der Waals surface area contributed by atoms with E-state index in [4.69, 9.17) is 0 Å². The van der Waals surface area contributed by atoms with Gasteiger partial charge in [-0.3, -0.25) is 9.59 Å². The lowest BCUT2D eigenvalue weighted by Gasteiger charge is -2.43. The standard InChI is InChI=1S/C34H39N5O5/c1-24-11-10-12-25(2)28(24)29(40)36-33(3,31(42)43)22-35-32(44)37-19-17-34(18-20-37)30(41)38(21-26-13-6-4-7-14-26)23-39(34)27-15-8-5-9-16-27/h4-16H,17-23H2,1-3H3,(H,35,44)(H,36,40)(H,42,43). The van der Waals surface area contributed by atoms with E-state index in [0.29, 0.717) is 44.7 Å². The number of hydrogen-bond acceptors (Lipinski definition) is 5. The average molecular weight is 598 g/mol. The van der Waals surface area contributed by atoms with Crippen LogP contribution in [0.15, 0.2) is 78.9 Å². The first-order valence-corrected chi connectivity index (χ1v) is 14.8. The van der Waals surface area contributed by atoms with Crippen LogP contribution in [0.25, 0.3) is 0 Å². The van der Waals surface area contributed by atoms with E-state index in [9.17, 15) is 24.3 Å². The van der Waals surface area contributed by atoms with E-state index in [0.717, 1.165) is 22.4 Å². The van der Waals surface area contributed by atoms with E-state index < -0.39 is 29.0 Å². The number of rotatable bonds is 8. The van der Waals surface area contributed by atoms with Gasteiger partial charge in [0.25, 0.3) is 5.91 Å². The lowest BCUT2D eigenvalue weighted by atomic mass is 9.85. The van der Waals surface area contributed by atoms with Crippen molar-refractivity contribution in [3.8, 4) is 0 Å². The van der Waals surface area contributed by atoms with Crippen molar-refractivity contribution in [1.82, 2.24) is 20.4 Å². The Bertz CT molecular complexity index is 1520. The number of carbonyl (C=O) groups excluding carboxylic acids is 3. The molecule has 10 nitrogen and oxygen atoms in total. The Hall–Kier alpha value is -4.86. The topological polar surface area (TPSA) is 122 Å². The third kappa shape index (κ3) is 5.97. The van der Waals surface area contributed by atoms with Gasteiger partial charge in [-0.15, -0.1) is 0 Å². The van der Waals surface area contributed by atoms with Gasteiger partial charge in [0, 0.05) is 30.9 Å². The van der Waals surface area contributed by atoms with Crippen molar-refractivity contribution in [2.75, 3.05) is 31.2 Å². The van der Waals surface area contributed by atoms with Gasteiger partial charge in [0.15, 0.2) is 5.54 Å². The van der Waals surface area contributed by atoms with E-state index in [-0.39, 0.29) is 12.5 Å². The number of para-hydroxylation sites is 1. The molecule has 1 atom stereocenters. The Morgan fingerprint density at radius 1 is 0.886 bits per heavy atom. The SMILES string of the molecule is Cc1cccc(C)c1C(=O)NC(C)(CNC(=O)N1CCC2(CC1)C(=O)N(Cc1ccccc1)CN2c1ccccc1)C(=O)O. The highest BCUT2D eigenvalue weighted by Gasteiger charge is 2.54. The summed E-state index contributed by atoms with van der Waals surface area (Å²) in [7, 11) is 0. The minimum Gasteiger partial charge on any atom is -0.479 e. The molecule has 10 heteroatoms. The van der Waals surface area contributed by atoms with Crippen molar-refractivity contribution in [3.05, 3.63) is 101 Å². The maximum Gasteiger partial charge on any atom is 0.330 e. The highest BCUT2D eigenvalue weighted by atomic mass is 16.4. The predicted molar refractivity (Wildman–Crippen MR) is 167 cm³/mol. The number of likely N-dealkylation sites (tertiary alicyclic amines) is 1. The maximum atomic E-state index is 14.0. The first-order chi connectivity index (χ1) is 21.0. The Kier molecular flexibility index (Phi) is 8.62. The molecule has 2 fully saturated rings. The molecule has 0 saturated carbocycles. The van der Waals surface area contributed by atoms with Crippen molar-refractivity contribution in [1.29, 1.82) is 0 Å². The number of benzene rings is 3. The number of hydrogen-bond donors (Lipinski definition) is 3. The van der Waals surface area contributed by atoms with Crippen LogP contribution in [-0.2, 0) is 16.1 Å². The lowest BCUT2D eigenvalue weighted by Crippen LogP contribution is -2.62. The summed E-state index contributed by atoms with van der Waals surface area (Å²) in [5.74, 6) is -1.73. The van der Waals surface area contributed by atoms with E-state index in [1.54, 1.807) is 30.9 Å². The van der Waals surface area contributed by atoms with Crippen LogP contribution in [0.3, 0.4) is 0 Å². The fourth-order valence-corrected chi connectivity index (χ4v) is 6.23. The third-order valence-corrected chi connectivity index (χ3v) is 8.84. The number of nitrogens with one attached hydrogen (secondary N) is 2. The van der Waals surface area contributed by atoms with Crippen molar-refractivity contribution >= 4 is 29.5 Å². The molecule has 2 aliphatic rings. The fourth-order valence-electron chi connectivity index (χ4n) is 6.23. The molecule has 2 aliphatic heterocycles. The van der Waals surface area contributed by atoms with Crippen LogP contribution in [0.1, 0.15) is 46.8 Å². The molecule has 5 rings (SSSR count). The summed E-state index contributed by atoms with van der Waals surface area (Å²) in [5.41, 5.74) is 1.35. The summed E-state index contributed by atoms with van der Waals surface area (Å²) in [6.07, 6.45) is 0.859. The average Bonchev–Trinajstić information content (AvgIpc) is 3.27. The van der Waals surface area contributed by atoms with Gasteiger partial charge in [0.05, 0.1) is 13.2 Å². The Morgan fingerprint density at radius 2 is 1.48 bits per heavy atom. The molecule has 0 bridgehead atoms. The van der Waals surface area contributed by atoms with E-state index in [1.165, 1.54) is 6.92 Å². The number of carboxylic acids is 1. The quantitative estimate of drug-likeness (QED) is 0.362. The highest BCUT2D eigenvalue weighted by Crippen LogP contribution is 2.40. The summed E-state index contributed by atoms with van der Waals surface area (Å²) in [5, 5.41) is 15.3. The van der Waals surface area contributed by atoms with Gasteiger partial charge in [0.2, 0.25) is 5.91 Å². The molecule has 2 saturated heterocycles. The van der Waals surface area contributed by atoms with Crippen LogP contribution < -0.4 is 15.5 Å². The molecular formula is C34H39N5O5. The van der Waals surface area contributed by atoms with Gasteiger partial charge in [-0.25, -0.2) is 9.59 Å². The smallest absolute Gasteiger partial charge is 0.330 e. The molecule has 1 unspecified atom stereocenters. The number of anilines is 1. The number of carboxylic acid groups (broad SMARTS) is 1. The second kappa shape index (κ2) is 12.4. The molecule has 0 aromatic heterocycles. The fraction of sp³-hybridized carbons (Fsp3) is 0.353. The maximum absolute atomic E-state index is 14.0. The van der Waals surface area contributed by atoms with E-state index >= 15 is 0 Å². The molecule has 3 N–H and O–H groups in total. The first-order valence-electron chi connectivity index (χ1n) is 14.8. The van der Waals surface area contributed by atoms with Crippen LogP contribution >= 0.6 is 0 Å². The summed E-state index contributed by atoms with van der Waals surface area (Å²) in [6, 6.07) is 24.7. The Morgan fingerprint density at radius 3 is 2.07 bits per heavy atom. The minimum atomic E-state index is -1.73. The molecule has 3 aromatic rings. The molecule has 3 aromatic carbocycles. The van der Waals surface area contributed by atoms with Gasteiger partial charge in [0.1, 0.15) is 5.54 Å². The molecule has 0 radical (unpaired) electrons. The summed E-state index contributed by atoms with van der Waals surface area (Å²) in [4.78, 5) is 58.2. The molecule has 0 aliphatic carbocycles. The molecule has 1 spiro atoms. The van der Waals surface area contributed by atoms with Gasteiger partial charge in [-0.2, -0.15) is 0 Å². The van der Waals surface area contributed by atoms with Gasteiger partial charge < -0.3 is 30.4 Å². The first kappa shape index (κ1) is 30.6. The van der Waals surface area contributed by atoms with Gasteiger partial charge >= 0.3 is 12.0 Å². The normalized spacial score (nSPS) is 17.3. The lowest BCUT2D eigenvalue weighted by molar-refractivity contribution is -0.143. The number of aryl methyl sites for hydroxylation is 2. The number of aliphatic carboxylic acids is 1. The van der Waals surface area contributed by atoms with Crippen molar-refractivity contribution in [2.45, 2.75) is 51.2 Å². The summed E-state index contributed by atoms with van der Waals surface area (Å²) >= 11 is 0. The Labute approximate surface area is 257 Å². The number of amides is 4. The second-order valence-corrected chi connectivity index (χ2v) is 11.9. The Balaban J connectivity index is 1.26. The molecular weight excluding hydrogens is 558 g/mol. The van der Waals surface area contributed by atoms with Crippen molar-refractivity contribution < 1.29 is 24.3 Å². The van der Waals surface area contributed by atoms with Gasteiger partial charge in [-0.1, -0.05) is 66.7 Å². The van der Waals surface area contributed by atoms with Crippen molar-refractivity contribution in [2.24, 2.45) is 0 Å². The van der Waals surface area contributed by atoms with Crippen LogP contribution in [-0.4, -0.2) is 76.1 Å². The summed E-state index contributed by atoms with van der Waals surface area (Å²) in [6.45, 7) is 6.23. The largest absolute Gasteiger partial charge is 0.479 e. The second-order valence-electron chi connectivity index (χ2n) is 11.9. The minimum absolute atomic E-state index is 0.0397. The zero-order valence-electron chi connectivity index (χ0n) is 25.4. The number of carbonyl (C=O) groups is 4. The zero-order chi connectivity index (χ0) is 31.5. The number of nitrogens with zero attached hydrogens (tertiary/aromatic N) is 3. The summed E-state index contributed by atoms with van der Waals surface area (Å²) < 4.78 is 0. The van der Waals surface area contributed by atoms with Crippen LogP contribution in [0.2, 0.25) is 0 Å². The van der Waals surface area contributed by atoms with Gasteiger partial charge in [-0.05, 0) is 62.4 Å². The van der Waals surface area contributed by atoms with E-state index in [1.807, 2.05) is 71.6 Å². The van der Waals surface area contributed by atoms with E-state index in [2.05, 4.69) is 15.5 Å². The van der Waals surface area contributed by atoms with Crippen LogP contribution in [0.5, 0.6) is 0 Å². The zero-order valence-corrected chi connectivity index (χ0v) is 25.4. The monoisotopic (exact) mass is 597 g/mol. The van der Waals surface area contributed by atoms with Crippen molar-refractivity contribution in [3.63, 3.8) is 0 Å². The molecule has 2 heterocycles. The third-order valence-electron chi connectivity index (χ3n) is 8.84. The number of piperidine rings is 1. The highest BCUT2D eigenvalue weighted by molar-refractivity contribution is 6.00. The molecule has 4 amide bonds. The van der Waals surface area contributed by atoms with Crippen LogP contribution in [0, 0.1) is 13.8 Å². The predicted octanol–water partition coefficient (Wildman–Crippen LogP) is 3.93. The number of urea groups is 1.